The molecule has 0 spiro atoms. The molecule has 0 N–H and O–H groups in total. The van der Waals surface area contributed by atoms with Crippen molar-refractivity contribution in [3.8, 4) is 0 Å². The van der Waals surface area contributed by atoms with Gasteiger partial charge in [0.1, 0.15) is 5.82 Å². The molecule has 0 aromatic heterocycles. The van der Waals surface area contributed by atoms with Crippen LogP contribution >= 0.6 is 27.5 Å². The number of hydrogen-bond donors (Lipinski definition) is 0. The zero-order chi connectivity index (χ0) is 14.1. The smallest absolute Gasteiger partial charge is 0.128 e. The summed E-state index contributed by atoms with van der Waals surface area (Å²) in [6, 6.07) is 18.5. The Bertz CT molecular complexity index is 770. The summed E-state index contributed by atoms with van der Waals surface area (Å²) in [4.78, 5) is 0. The average Bonchev–Trinajstić information content (AvgIpc) is 2.48. The number of hydrogen-bond acceptors (Lipinski definition) is 0. The fraction of sp³-hybridized carbons (Fsp3) is 0.0588. The Balaban J connectivity index is 2.20. The van der Waals surface area contributed by atoms with Crippen molar-refractivity contribution in [1.29, 1.82) is 0 Å². The van der Waals surface area contributed by atoms with Gasteiger partial charge in [0.15, 0.2) is 0 Å². The van der Waals surface area contributed by atoms with E-state index in [-0.39, 0.29) is 5.82 Å². The predicted molar refractivity (Wildman–Crippen MR) is 85.7 cm³/mol. The first-order valence-electron chi connectivity index (χ1n) is 6.24. The fourth-order valence-electron chi connectivity index (χ4n) is 2.35. The maximum atomic E-state index is 13.9. The van der Waals surface area contributed by atoms with E-state index in [1.807, 2.05) is 36.4 Å². The molecule has 0 aliphatic heterocycles. The zero-order valence-corrected chi connectivity index (χ0v) is 12.8. The Morgan fingerprint density at radius 2 is 1.45 bits per heavy atom. The van der Waals surface area contributed by atoms with Crippen LogP contribution in [0, 0.1) is 5.82 Å². The molecule has 0 saturated carbocycles. The van der Waals surface area contributed by atoms with Crippen molar-refractivity contribution in [2.45, 2.75) is 5.38 Å². The summed E-state index contributed by atoms with van der Waals surface area (Å²) in [6.45, 7) is 0. The van der Waals surface area contributed by atoms with E-state index in [1.165, 1.54) is 6.07 Å². The van der Waals surface area contributed by atoms with Crippen LogP contribution in [0.15, 0.2) is 65.1 Å². The van der Waals surface area contributed by atoms with E-state index in [1.54, 1.807) is 18.2 Å². The van der Waals surface area contributed by atoms with Gasteiger partial charge in [-0.25, -0.2) is 4.39 Å². The molecule has 1 unspecified atom stereocenters. The Morgan fingerprint density at radius 3 is 2.20 bits per heavy atom. The lowest BCUT2D eigenvalue weighted by atomic mass is 9.98. The summed E-state index contributed by atoms with van der Waals surface area (Å²) in [5.74, 6) is -0.278. The summed E-state index contributed by atoms with van der Waals surface area (Å²) in [5, 5.41) is 1.60. The van der Waals surface area contributed by atoms with Gasteiger partial charge in [-0.2, -0.15) is 0 Å². The van der Waals surface area contributed by atoms with E-state index in [4.69, 9.17) is 11.6 Å². The highest BCUT2D eigenvalue weighted by atomic mass is 79.9. The third kappa shape index (κ3) is 2.34. The minimum Gasteiger partial charge on any atom is -0.207 e. The van der Waals surface area contributed by atoms with E-state index in [0.29, 0.717) is 5.56 Å². The van der Waals surface area contributed by atoms with Gasteiger partial charge in [-0.1, -0.05) is 64.5 Å². The predicted octanol–water partition coefficient (Wildman–Crippen LogP) is 6.07. The van der Waals surface area contributed by atoms with Gasteiger partial charge in [-0.3, -0.25) is 0 Å². The molecular weight excluding hydrogens is 339 g/mol. The molecule has 3 heteroatoms. The number of alkyl halides is 1. The van der Waals surface area contributed by atoms with Gasteiger partial charge in [-0.05, 0) is 28.5 Å². The molecule has 0 aliphatic rings. The van der Waals surface area contributed by atoms with Crippen molar-refractivity contribution < 1.29 is 4.39 Å². The van der Waals surface area contributed by atoms with Gasteiger partial charge in [0.2, 0.25) is 0 Å². The molecule has 1 atom stereocenters. The number of benzene rings is 3. The summed E-state index contributed by atoms with van der Waals surface area (Å²) in [7, 11) is 0. The third-order valence-electron chi connectivity index (χ3n) is 3.36. The van der Waals surface area contributed by atoms with Crippen LogP contribution in [0.5, 0.6) is 0 Å². The maximum absolute atomic E-state index is 13.9. The van der Waals surface area contributed by atoms with Crippen LogP contribution in [0.25, 0.3) is 10.8 Å². The standard InChI is InChI=1S/C17H11BrClF/c18-15-10-9-13(11-5-1-2-6-12(11)15)17(19)14-7-3-4-8-16(14)20/h1-10,17H. The Labute approximate surface area is 130 Å². The maximum Gasteiger partial charge on any atom is 0.128 e. The Hall–Kier alpha value is -1.38. The first-order valence-corrected chi connectivity index (χ1v) is 7.47. The third-order valence-corrected chi connectivity index (χ3v) is 4.52. The quantitative estimate of drug-likeness (QED) is 0.493. The number of halogens is 3. The van der Waals surface area contributed by atoms with Crippen LogP contribution in [0.4, 0.5) is 4.39 Å². The second-order valence-electron chi connectivity index (χ2n) is 4.57. The second-order valence-corrected chi connectivity index (χ2v) is 5.86. The van der Waals surface area contributed by atoms with Gasteiger partial charge in [0, 0.05) is 10.0 Å². The van der Waals surface area contributed by atoms with Crippen LogP contribution in [-0.4, -0.2) is 0 Å². The van der Waals surface area contributed by atoms with Crippen LogP contribution < -0.4 is 0 Å². The highest BCUT2D eigenvalue weighted by Gasteiger charge is 2.17. The van der Waals surface area contributed by atoms with Crippen molar-refractivity contribution in [3.05, 3.63) is 82.1 Å². The molecule has 100 valence electrons. The highest BCUT2D eigenvalue weighted by molar-refractivity contribution is 9.10. The van der Waals surface area contributed by atoms with Crippen molar-refractivity contribution >= 4 is 38.3 Å². The molecule has 0 saturated heterocycles. The first-order chi connectivity index (χ1) is 9.68. The molecule has 0 amide bonds. The molecular formula is C17H11BrClF. The topological polar surface area (TPSA) is 0 Å². The summed E-state index contributed by atoms with van der Waals surface area (Å²) in [5.41, 5.74) is 1.41. The van der Waals surface area contributed by atoms with Gasteiger partial charge in [0.05, 0.1) is 5.38 Å². The molecule has 3 aromatic carbocycles. The Morgan fingerprint density at radius 1 is 0.800 bits per heavy atom. The number of rotatable bonds is 2. The van der Waals surface area contributed by atoms with Gasteiger partial charge in [-0.15, -0.1) is 11.6 Å². The molecule has 0 heterocycles. The van der Waals surface area contributed by atoms with Crippen molar-refractivity contribution in [2.24, 2.45) is 0 Å². The fourth-order valence-corrected chi connectivity index (χ4v) is 3.20. The lowest BCUT2D eigenvalue weighted by molar-refractivity contribution is 0.612. The lowest BCUT2D eigenvalue weighted by Gasteiger charge is -2.15. The van der Waals surface area contributed by atoms with Crippen molar-refractivity contribution in [1.82, 2.24) is 0 Å². The SMILES string of the molecule is Fc1ccccc1C(Cl)c1ccc(Br)c2ccccc12. The molecule has 20 heavy (non-hydrogen) atoms. The van der Waals surface area contributed by atoms with E-state index in [2.05, 4.69) is 15.9 Å². The minimum absolute atomic E-state index is 0.278. The molecule has 0 bridgehead atoms. The molecule has 0 radical (unpaired) electrons. The normalized spacial score (nSPS) is 12.6. The van der Waals surface area contributed by atoms with Crippen LogP contribution in [0.2, 0.25) is 0 Å². The van der Waals surface area contributed by atoms with Crippen LogP contribution in [0.1, 0.15) is 16.5 Å². The van der Waals surface area contributed by atoms with E-state index in [9.17, 15) is 4.39 Å². The summed E-state index contributed by atoms with van der Waals surface area (Å²) in [6.07, 6.45) is 0. The molecule has 3 aromatic rings. The monoisotopic (exact) mass is 348 g/mol. The zero-order valence-electron chi connectivity index (χ0n) is 10.5. The molecule has 3 rings (SSSR count). The minimum atomic E-state index is -0.505. The Kier molecular flexibility index (Phi) is 3.77. The largest absolute Gasteiger partial charge is 0.207 e. The van der Waals surface area contributed by atoms with Crippen LogP contribution in [-0.2, 0) is 0 Å². The van der Waals surface area contributed by atoms with Gasteiger partial charge >= 0.3 is 0 Å². The van der Waals surface area contributed by atoms with Crippen LogP contribution in [0.3, 0.4) is 0 Å². The van der Waals surface area contributed by atoms with Crippen molar-refractivity contribution in [3.63, 3.8) is 0 Å². The van der Waals surface area contributed by atoms with E-state index >= 15 is 0 Å². The van der Waals surface area contributed by atoms with E-state index < -0.39 is 5.38 Å². The lowest BCUT2D eigenvalue weighted by Crippen LogP contribution is -1.98. The second kappa shape index (κ2) is 5.55. The average molecular weight is 350 g/mol. The summed E-state index contributed by atoms with van der Waals surface area (Å²) < 4.78 is 14.9. The van der Waals surface area contributed by atoms with Crippen molar-refractivity contribution in [2.75, 3.05) is 0 Å². The first kappa shape index (κ1) is 13.6. The van der Waals surface area contributed by atoms with Gasteiger partial charge < -0.3 is 0 Å². The van der Waals surface area contributed by atoms with E-state index in [0.717, 1.165) is 20.8 Å². The van der Waals surface area contributed by atoms with Gasteiger partial charge in [0.25, 0.3) is 0 Å². The molecule has 0 nitrogen and oxygen atoms in total. The molecule has 0 fully saturated rings. The number of fused-ring (bicyclic) bond motifs is 1. The highest BCUT2D eigenvalue weighted by Crippen LogP contribution is 2.37. The molecule has 0 aliphatic carbocycles. The summed E-state index contributed by atoms with van der Waals surface area (Å²) >= 11 is 10.0.